The highest BCUT2D eigenvalue weighted by Crippen LogP contribution is 2.33. The Morgan fingerprint density at radius 1 is 1.15 bits per heavy atom. The molecular formula is C25H30F4N8O3. The van der Waals surface area contributed by atoms with E-state index in [2.05, 4.69) is 30.4 Å². The minimum atomic E-state index is -3.23. The van der Waals surface area contributed by atoms with Gasteiger partial charge in [-0.15, -0.1) is 0 Å². The van der Waals surface area contributed by atoms with Crippen molar-refractivity contribution in [1.29, 1.82) is 0 Å². The van der Waals surface area contributed by atoms with Crippen LogP contribution in [-0.4, -0.2) is 63.4 Å². The summed E-state index contributed by atoms with van der Waals surface area (Å²) >= 11 is 0. The summed E-state index contributed by atoms with van der Waals surface area (Å²) < 4.78 is 70.3. The number of halogens is 4. The second-order valence-corrected chi connectivity index (χ2v) is 7.97. The standard InChI is InChI=1S/C23H24F4N8O3.C2H6/c1-12(28)19(21(34-23(26)27)38-11-16(24)25)13-9-30-18-8-15(13)36-6-3-7-37-22-14(10-31-35(22)2)20-29-5-4-17(32-18)33-20;1-2/h4-5,8-10,16,23H,3,6-7,11,28H2,1-2H3,(H,29,30,32,33);1-2H3/b19-12-,34-21-;. The van der Waals surface area contributed by atoms with Gasteiger partial charge < -0.3 is 25.3 Å². The van der Waals surface area contributed by atoms with E-state index in [9.17, 15) is 17.6 Å². The van der Waals surface area contributed by atoms with Crippen LogP contribution in [0.15, 0.2) is 41.4 Å². The Morgan fingerprint density at radius 3 is 2.60 bits per heavy atom. The summed E-state index contributed by atoms with van der Waals surface area (Å²) in [5, 5.41) is 7.25. The number of nitrogens with two attached hydrogens (primary N) is 1. The third-order valence-corrected chi connectivity index (χ3v) is 5.13. The molecule has 0 aromatic carbocycles. The highest BCUT2D eigenvalue weighted by Gasteiger charge is 2.23. The molecule has 3 N–H and O–H groups in total. The molecular weight excluding hydrogens is 536 g/mol. The number of aryl methyl sites for hydroxylation is 1. The molecule has 15 heteroatoms. The summed E-state index contributed by atoms with van der Waals surface area (Å²) in [6.45, 7) is 1.38. The fraction of sp³-hybridized carbons (Fsp3) is 0.400. The molecule has 0 unspecified atom stereocenters. The van der Waals surface area contributed by atoms with E-state index in [0.717, 1.165) is 0 Å². The fourth-order valence-electron chi connectivity index (χ4n) is 3.56. The van der Waals surface area contributed by atoms with Crippen LogP contribution in [0.5, 0.6) is 11.6 Å². The summed E-state index contributed by atoms with van der Waals surface area (Å²) in [7, 11) is 1.72. The Kier molecular flexibility index (Phi) is 10.6. The highest BCUT2D eigenvalue weighted by atomic mass is 19.3. The first-order chi connectivity index (χ1) is 19.2. The van der Waals surface area contributed by atoms with Crippen molar-refractivity contribution in [2.45, 2.75) is 40.2 Å². The van der Waals surface area contributed by atoms with Crippen LogP contribution in [0, 0.1) is 0 Å². The van der Waals surface area contributed by atoms with Crippen LogP contribution in [-0.2, 0) is 11.8 Å². The lowest BCUT2D eigenvalue weighted by molar-refractivity contribution is 0.0743. The number of rotatable bonds is 5. The van der Waals surface area contributed by atoms with Crippen molar-refractivity contribution in [2.75, 3.05) is 25.1 Å². The van der Waals surface area contributed by atoms with E-state index in [0.29, 0.717) is 35.3 Å². The first-order valence-corrected chi connectivity index (χ1v) is 12.3. The summed E-state index contributed by atoms with van der Waals surface area (Å²) in [6, 6.07) is 3.11. The van der Waals surface area contributed by atoms with Crippen molar-refractivity contribution in [3.8, 4) is 23.0 Å². The largest absolute Gasteiger partial charge is 0.493 e. The minimum absolute atomic E-state index is 0.0204. The molecule has 0 atom stereocenters. The lowest BCUT2D eigenvalue weighted by atomic mass is 10.0. The molecule has 0 radical (unpaired) electrons. The maximum absolute atomic E-state index is 13.2. The molecule has 0 saturated heterocycles. The van der Waals surface area contributed by atoms with E-state index in [1.165, 1.54) is 19.2 Å². The van der Waals surface area contributed by atoms with Gasteiger partial charge in [-0.3, -0.25) is 0 Å². The van der Waals surface area contributed by atoms with Crippen molar-refractivity contribution < 1.29 is 31.8 Å². The molecule has 40 heavy (non-hydrogen) atoms. The van der Waals surface area contributed by atoms with Crippen molar-refractivity contribution >= 4 is 23.1 Å². The molecule has 0 spiro atoms. The average molecular weight is 567 g/mol. The molecule has 1 aliphatic heterocycles. The van der Waals surface area contributed by atoms with Crippen LogP contribution < -0.4 is 20.5 Å². The van der Waals surface area contributed by atoms with E-state index < -0.39 is 25.5 Å². The number of nitrogens with zero attached hydrogens (tertiary/aromatic N) is 6. The Balaban J connectivity index is 0.00000216. The number of alkyl halides is 4. The zero-order chi connectivity index (χ0) is 29.2. The number of aromatic nitrogens is 5. The monoisotopic (exact) mass is 566 g/mol. The summed E-state index contributed by atoms with van der Waals surface area (Å²) in [5.74, 6) is 0.926. The quantitative estimate of drug-likeness (QED) is 0.193. The van der Waals surface area contributed by atoms with Crippen molar-refractivity contribution in [2.24, 2.45) is 17.8 Å². The van der Waals surface area contributed by atoms with Gasteiger partial charge in [0, 0.05) is 43.2 Å². The maximum Gasteiger partial charge on any atom is 0.334 e. The lowest BCUT2D eigenvalue weighted by Gasteiger charge is -2.19. The van der Waals surface area contributed by atoms with Gasteiger partial charge in [-0.25, -0.2) is 28.4 Å². The molecule has 3 aromatic rings. The van der Waals surface area contributed by atoms with Crippen molar-refractivity contribution in [1.82, 2.24) is 24.7 Å². The number of pyridine rings is 1. The number of hydrogen-bond donors (Lipinski definition) is 2. The van der Waals surface area contributed by atoms with Crippen LogP contribution in [0.1, 0.15) is 32.8 Å². The maximum atomic E-state index is 13.2. The molecule has 0 amide bonds. The first-order valence-electron chi connectivity index (χ1n) is 12.3. The van der Waals surface area contributed by atoms with Crippen LogP contribution in [0.3, 0.4) is 0 Å². The van der Waals surface area contributed by atoms with Crippen molar-refractivity contribution in [3.63, 3.8) is 0 Å². The van der Waals surface area contributed by atoms with E-state index in [1.807, 2.05) is 13.8 Å². The van der Waals surface area contributed by atoms with Crippen LogP contribution in [0.25, 0.3) is 17.0 Å². The number of nitrogens with one attached hydrogen (secondary N) is 1. The number of ether oxygens (including phenoxy) is 3. The van der Waals surface area contributed by atoms with Gasteiger partial charge in [0.2, 0.25) is 11.8 Å². The topological polar surface area (TPSA) is 135 Å². The van der Waals surface area contributed by atoms with E-state index in [1.54, 1.807) is 30.2 Å². The molecule has 4 heterocycles. The van der Waals surface area contributed by atoms with E-state index >= 15 is 0 Å². The second-order valence-electron chi connectivity index (χ2n) is 7.97. The van der Waals surface area contributed by atoms with Crippen molar-refractivity contribution in [3.05, 3.63) is 42.0 Å². The van der Waals surface area contributed by atoms with Gasteiger partial charge in [0.1, 0.15) is 22.9 Å². The van der Waals surface area contributed by atoms with E-state index in [4.69, 9.17) is 19.9 Å². The molecule has 4 bridgehead atoms. The van der Waals surface area contributed by atoms with Gasteiger partial charge in [-0.05, 0) is 13.0 Å². The zero-order valence-corrected chi connectivity index (χ0v) is 22.4. The lowest BCUT2D eigenvalue weighted by Crippen LogP contribution is -2.18. The molecule has 3 aromatic heterocycles. The Bertz CT molecular complexity index is 1340. The van der Waals surface area contributed by atoms with Gasteiger partial charge in [0.25, 0.3) is 6.43 Å². The van der Waals surface area contributed by atoms with Gasteiger partial charge in [-0.2, -0.15) is 18.9 Å². The average Bonchev–Trinajstić information content (AvgIpc) is 3.28. The molecule has 0 fully saturated rings. The molecule has 216 valence electrons. The molecule has 1 aliphatic rings. The van der Waals surface area contributed by atoms with E-state index in [-0.39, 0.29) is 35.8 Å². The summed E-state index contributed by atoms with van der Waals surface area (Å²) in [6.07, 6.45) is 1.93. The van der Waals surface area contributed by atoms with Crippen LogP contribution in [0.4, 0.5) is 29.2 Å². The van der Waals surface area contributed by atoms with Crippen LogP contribution >= 0.6 is 0 Å². The number of hydrogen-bond acceptors (Lipinski definition) is 10. The number of aliphatic imine (C=N–C) groups is 1. The minimum Gasteiger partial charge on any atom is -0.493 e. The third-order valence-electron chi connectivity index (χ3n) is 5.13. The predicted molar refractivity (Wildman–Crippen MR) is 141 cm³/mol. The van der Waals surface area contributed by atoms with Gasteiger partial charge in [-0.1, -0.05) is 13.8 Å². The summed E-state index contributed by atoms with van der Waals surface area (Å²) in [5.41, 5.74) is 6.52. The molecule has 11 nitrogen and oxygen atoms in total. The normalized spacial score (nSPS) is 14.0. The smallest absolute Gasteiger partial charge is 0.334 e. The van der Waals surface area contributed by atoms with Gasteiger partial charge >= 0.3 is 6.55 Å². The van der Waals surface area contributed by atoms with Gasteiger partial charge in [0.05, 0.1) is 25.0 Å². The SMILES string of the molecule is C/C(N)=C(/C(=N/C(F)F)OCC(F)F)c1cnc2cc1OCCCOc1c(cnn1C)-c1nccc(n1)N2.CC. The number of fused-ring (bicyclic) bond motifs is 6. The van der Waals surface area contributed by atoms with Gasteiger partial charge in [0.15, 0.2) is 12.4 Å². The highest BCUT2D eigenvalue weighted by molar-refractivity contribution is 6.21. The zero-order valence-electron chi connectivity index (χ0n) is 22.4. The predicted octanol–water partition coefficient (Wildman–Crippen LogP) is 4.80. The Hall–Kier alpha value is -4.43. The fourth-order valence-corrected chi connectivity index (χ4v) is 3.56. The summed E-state index contributed by atoms with van der Waals surface area (Å²) in [4.78, 5) is 16.2. The van der Waals surface area contributed by atoms with Crippen LogP contribution in [0.2, 0.25) is 0 Å². The number of allylic oxidation sites excluding steroid dienone is 1. The third kappa shape index (κ3) is 7.57. The molecule has 4 rings (SSSR count). The molecule has 0 saturated carbocycles. The Labute approximate surface area is 228 Å². The number of anilines is 2. The Morgan fingerprint density at radius 2 is 1.90 bits per heavy atom. The first kappa shape index (κ1) is 30.1. The molecule has 0 aliphatic carbocycles. The second kappa shape index (κ2) is 14.1.